The zero-order valence-corrected chi connectivity index (χ0v) is 10.8. The second-order valence-corrected chi connectivity index (χ2v) is 5.23. The lowest BCUT2D eigenvalue weighted by Gasteiger charge is -2.08. The highest BCUT2D eigenvalue weighted by Crippen LogP contribution is 2.27. The van der Waals surface area contributed by atoms with E-state index >= 15 is 0 Å². The fourth-order valence-corrected chi connectivity index (χ4v) is 2.83. The summed E-state index contributed by atoms with van der Waals surface area (Å²) >= 11 is 1.52. The number of hydrogen-bond donors (Lipinski definition) is 1. The predicted octanol–water partition coefficient (Wildman–Crippen LogP) is 2.74. The van der Waals surface area contributed by atoms with Gasteiger partial charge in [-0.1, -0.05) is 12.1 Å². The van der Waals surface area contributed by atoms with Gasteiger partial charge in [0.2, 0.25) is 0 Å². The zero-order chi connectivity index (χ0) is 12.4. The molecule has 0 spiro atoms. The number of rotatable bonds is 4. The molecule has 18 heavy (non-hydrogen) atoms. The molecule has 4 heteroatoms. The van der Waals surface area contributed by atoms with Crippen molar-refractivity contribution < 1.29 is 9.84 Å². The van der Waals surface area contributed by atoms with Gasteiger partial charge in [-0.25, -0.2) is 4.98 Å². The molecule has 1 atom stereocenters. The molecule has 94 valence electrons. The number of nitrogens with zero attached hydrogens (tertiary/aromatic N) is 1. The molecule has 0 amide bonds. The maximum atomic E-state index is 9.98. The maximum absolute atomic E-state index is 9.98. The fraction of sp³-hybridized carbons (Fsp3) is 0.357. The first-order chi connectivity index (χ1) is 8.83. The maximum Gasteiger partial charge on any atom is 0.122 e. The van der Waals surface area contributed by atoms with Crippen LogP contribution in [0.1, 0.15) is 29.3 Å². The molecule has 0 saturated heterocycles. The van der Waals surface area contributed by atoms with Crippen LogP contribution >= 0.6 is 11.3 Å². The molecule has 0 radical (unpaired) electrons. The zero-order valence-electron chi connectivity index (χ0n) is 10.0. The highest BCUT2D eigenvalue weighted by atomic mass is 32.1. The minimum absolute atomic E-state index is 0.458. The quantitative estimate of drug-likeness (QED) is 0.920. The number of thiazole rings is 1. The summed E-state index contributed by atoms with van der Waals surface area (Å²) in [4.78, 5) is 4.13. The molecule has 3 nitrogen and oxygen atoms in total. The van der Waals surface area contributed by atoms with E-state index in [2.05, 4.69) is 17.1 Å². The van der Waals surface area contributed by atoms with E-state index < -0.39 is 6.10 Å². The number of aliphatic hydroxyl groups excluding tert-OH is 1. The van der Waals surface area contributed by atoms with Gasteiger partial charge in [0.15, 0.2) is 0 Å². The molecule has 1 aromatic heterocycles. The van der Waals surface area contributed by atoms with E-state index in [1.165, 1.54) is 22.5 Å². The lowest BCUT2D eigenvalue weighted by Crippen LogP contribution is -2.00. The van der Waals surface area contributed by atoms with Crippen LogP contribution in [0.2, 0.25) is 0 Å². The molecule has 1 N–H and O–H groups in total. The van der Waals surface area contributed by atoms with Gasteiger partial charge in [0.25, 0.3) is 0 Å². The van der Waals surface area contributed by atoms with E-state index in [-0.39, 0.29) is 0 Å². The first kappa shape index (κ1) is 11.7. The van der Waals surface area contributed by atoms with Crippen molar-refractivity contribution in [1.29, 1.82) is 0 Å². The predicted molar refractivity (Wildman–Crippen MR) is 71.0 cm³/mol. The molecular weight excluding hydrogens is 246 g/mol. The Morgan fingerprint density at radius 3 is 3.22 bits per heavy atom. The SMILES string of the molecule is OC(CCc1ccc2c(c1)CCO2)c1cscn1. The number of aryl methyl sites for hydroxylation is 1. The summed E-state index contributed by atoms with van der Waals surface area (Å²) in [6.07, 6.45) is 2.12. The Kier molecular flexibility index (Phi) is 3.30. The van der Waals surface area contributed by atoms with Crippen molar-refractivity contribution in [1.82, 2.24) is 4.98 Å². The molecule has 0 aliphatic carbocycles. The number of aliphatic hydroxyl groups is 1. The standard InChI is InChI=1S/C14H15NO2S/c16-13(12-8-18-9-15-12)3-1-10-2-4-14-11(7-10)5-6-17-14/h2,4,7-9,13,16H,1,3,5-6H2. The van der Waals surface area contributed by atoms with Gasteiger partial charge in [0, 0.05) is 11.8 Å². The lowest BCUT2D eigenvalue weighted by molar-refractivity contribution is 0.164. The number of benzene rings is 1. The van der Waals surface area contributed by atoms with Crippen molar-refractivity contribution in [2.45, 2.75) is 25.4 Å². The summed E-state index contributed by atoms with van der Waals surface area (Å²) < 4.78 is 5.48. The van der Waals surface area contributed by atoms with Crippen LogP contribution in [-0.4, -0.2) is 16.7 Å². The Hall–Kier alpha value is -1.39. The number of fused-ring (bicyclic) bond motifs is 1. The van der Waals surface area contributed by atoms with E-state index in [4.69, 9.17) is 4.74 Å². The monoisotopic (exact) mass is 261 g/mol. The van der Waals surface area contributed by atoms with Crippen LogP contribution in [0.15, 0.2) is 29.1 Å². The fourth-order valence-electron chi connectivity index (χ4n) is 2.23. The third kappa shape index (κ3) is 2.40. The summed E-state index contributed by atoms with van der Waals surface area (Å²) in [5, 5.41) is 11.9. The van der Waals surface area contributed by atoms with Gasteiger partial charge in [0.05, 0.1) is 23.9 Å². The Balaban J connectivity index is 1.63. The second-order valence-electron chi connectivity index (χ2n) is 4.51. The van der Waals surface area contributed by atoms with Crippen molar-refractivity contribution in [3.05, 3.63) is 45.9 Å². The van der Waals surface area contributed by atoms with Crippen molar-refractivity contribution >= 4 is 11.3 Å². The smallest absolute Gasteiger partial charge is 0.122 e. The van der Waals surface area contributed by atoms with E-state index in [1.807, 2.05) is 11.4 Å². The molecule has 2 aromatic rings. The Bertz CT molecular complexity index is 525. The van der Waals surface area contributed by atoms with Gasteiger partial charge in [-0.05, 0) is 30.0 Å². The molecule has 1 aromatic carbocycles. The summed E-state index contributed by atoms with van der Waals surface area (Å²) in [6, 6.07) is 6.31. The molecule has 0 saturated carbocycles. The van der Waals surface area contributed by atoms with Crippen LogP contribution < -0.4 is 4.74 Å². The van der Waals surface area contributed by atoms with Crippen LogP contribution in [-0.2, 0) is 12.8 Å². The number of ether oxygens (including phenoxy) is 1. The summed E-state index contributed by atoms with van der Waals surface area (Å²) in [7, 11) is 0. The van der Waals surface area contributed by atoms with Gasteiger partial charge in [-0.15, -0.1) is 11.3 Å². The first-order valence-electron chi connectivity index (χ1n) is 6.13. The van der Waals surface area contributed by atoms with Crippen LogP contribution in [0.5, 0.6) is 5.75 Å². The average molecular weight is 261 g/mol. The molecule has 1 unspecified atom stereocenters. The van der Waals surface area contributed by atoms with Crippen molar-refractivity contribution in [2.75, 3.05) is 6.61 Å². The molecule has 0 fully saturated rings. The van der Waals surface area contributed by atoms with Crippen LogP contribution in [0.25, 0.3) is 0 Å². The molecule has 2 heterocycles. The van der Waals surface area contributed by atoms with E-state index in [9.17, 15) is 5.11 Å². The van der Waals surface area contributed by atoms with Crippen LogP contribution in [0, 0.1) is 0 Å². The molecular formula is C14H15NO2S. The highest BCUT2D eigenvalue weighted by Gasteiger charge is 2.13. The lowest BCUT2D eigenvalue weighted by atomic mass is 10.0. The highest BCUT2D eigenvalue weighted by molar-refractivity contribution is 7.07. The van der Waals surface area contributed by atoms with E-state index in [1.54, 1.807) is 5.51 Å². The summed E-state index contributed by atoms with van der Waals surface area (Å²) in [6.45, 7) is 0.792. The van der Waals surface area contributed by atoms with Gasteiger partial charge < -0.3 is 9.84 Å². The molecule has 3 rings (SSSR count). The molecule has 0 bridgehead atoms. The van der Waals surface area contributed by atoms with Crippen LogP contribution in [0.4, 0.5) is 0 Å². The third-order valence-corrected chi connectivity index (χ3v) is 3.86. The third-order valence-electron chi connectivity index (χ3n) is 3.25. The molecule has 1 aliphatic heterocycles. The number of aromatic nitrogens is 1. The normalized spacial score (nSPS) is 15.2. The van der Waals surface area contributed by atoms with Gasteiger partial charge in [-0.2, -0.15) is 0 Å². The summed E-state index contributed by atoms with van der Waals surface area (Å²) in [5.41, 5.74) is 5.08. The minimum atomic E-state index is -0.458. The minimum Gasteiger partial charge on any atom is -0.493 e. The van der Waals surface area contributed by atoms with Gasteiger partial charge >= 0.3 is 0 Å². The van der Waals surface area contributed by atoms with Crippen molar-refractivity contribution in [3.8, 4) is 5.75 Å². The largest absolute Gasteiger partial charge is 0.493 e. The van der Waals surface area contributed by atoms with Crippen molar-refractivity contribution in [2.24, 2.45) is 0 Å². The van der Waals surface area contributed by atoms with Gasteiger partial charge in [-0.3, -0.25) is 0 Å². The van der Waals surface area contributed by atoms with Gasteiger partial charge in [0.1, 0.15) is 5.75 Å². The van der Waals surface area contributed by atoms with E-state index in [0.717, 1.165) is 30.9 Å². The second kappa shape index (κ2) is 5.08. The Morgan fingerprint density at radius 1 is 1.44 bits per heavy atom. The Labute approximate surface area is 110 Å². The first-order valence-corrected chi connectivity index (χ1v) is 7.08. The van der Waals surface area contributed by atoms with Crippen molar-refractivity contribution in [3.63, 3.8) is 0 Å². The topological polar surface area (TPSA) is 42.4 Å². The van der Waals surface area contributed by atoms with E-state index in [0.29, 0.717) is 6.42 Å². The average Bonchev–Trinajstić information content (AvgIpc) is 3.05. The number of hydrogen-bond acceptors (Lipinski definition) is 4. The molecule has 1 aliphatic rings. The Morgan fingerprint density at radius 2 is 2.39 bits per heavy atom. The van der Waals surface area contributed by atoms with Crippen LogP contribution in [0.3, 0.4) is 0 Å². The summed E-state index contributed by atoms with van der Waals surface area (Å²) in [5.74, 6) is 1.01.